The third-order valence-corrected chi connectivity index (χ3v) is 3.76. The van der Waals surface area contributed by atoms with E-state index in [0.29, 0.717) is 37.6 Å². The van der Waals surface area contributed by atoms with Crippen molar-refractivity contribution in [1.82, 2.24) is 9.88 Å². The maximum Gasteiger partial charge on any atom is 0.416 e. The van der Waals surface area contributed by atoms with Crippen LogP contribution in [0.2, 0.25) is 0 Å². The minimum atomic E-state index is -4.41. The molecule has 1 saturated heterocycles. The topological polar surface area (TPSA) is 54.5 Å². The van der Waals surface area contributed by atoms with E-state index in [1.165, 1.54) is 24.5 Å². The van der Waals surface area contributed by atoms with Gasteiger partial charge in [0.15, 0.2) is 0 Å². The second kappa shape index (κ2) is 7.10. The van der Waals surface area contributed by atoms with Crippen LogP contribution in [0, 0.1) is 0 Å². The molecule has 0 aliphatic carbocycles. The standard InChI is InChI=1S/C17H16F3N3O2/c18-17(19,20)13-2-1-3-14(9-13)22-15-8-12(10-21-11-15)16(24)23-4-6-25-7-5-23/h1-3,8-11,22H,4-7H2. The number of rotatable bonds is 3. The first-order chi connectivity index (χ1) is 11.9. The minimum Gasteiger partial charge on any atom is -0.378 e. The van der Waals surface area contributed by atoms with Gasteiger partial charge in [0.05, 0.1) is 36.2 Å². The molecular formula is C17H16F3N3O2. The number of ether oxygens (including phenoxy) is 1. The van der Waals surface area contributed by atoms with Crippen molar-refractivity contribution in [3.8, 4) is 0 Å². The summed E-state index contributed by atoms with van der Waals surface area (Å²) in [6, 6.07) is 6.43. The fourth-order valence-electron chi connectivity index (χ4n) is 2.51. The fourth-order valence-corrected chi connectivity index (χ4v) is 2.51. The number of hydrogen-bond acceptors (Lipinski definition) is 4. The number of benzene rings is 1. The highest BCUT2D eigenvalue weighted by Crippen LogP contribution is 2.31. The number of halogens is 3. The quantitative estimate of drug-likeness (QED) is 0.922. The molecule has 3 rings (SSSR count). The monoisotopic (exact) mass is 351 g/mol. The maximum atomic E-state index is 12.8. The van der Waals surface area contributed by atoms with E-state index in [-0.39, 0.29) is 11.6 Å². The number of nitrogens with zero attached hydrogens (tertiary/aromatic N) is 2. The fraction of sp³-hybridized carbons (Fsp3) is 0.294. The Morgan fingerprint density at radius 2 is 1.88 bits per heavy atom. The summed E-state index contributed by atoms with van der Waals surface area (Å²) in [6.07, 6.45) is -1.52. The van der Waals surface area contributed by atoms with Crippen LogP contribution in [0.3, 0.4) is 0 Å². The lowest BCUT2D eigenvalue weighted by Crippen LogP contribution is -2.40. The summed E-state index contributed by atoms with van der Waals surface area (Å²) in [4.78, 5) is 18.1. The first-order valence-electron chi connectivity index (χ1n) is 7.70. The van der Waals surface area contributed by atoms with E-state index in [1.54, 1.807) is 11.0 Å². The summed E-state index contributed by atoms with van der Waals surface area (Å²) >= 11 is 0. The number of alkyl halides is 3. The molecule has 1 N–H and O–H groups in total. The molecule has 25 heavy (non-hydrogen) atoms. The highest BCUT2D eigenvalue weighted by atomic mass is 19.4. The zero-order valence-corrected chi connectivity index (χ0v) is 13.2. The molecule has 2 aromatic rings. The maximum absolute atomic E-state index is 12.8. The molecule has 0 unspecified atom stereocenters. The Morgan fingerprint density at radius 1 is 1.12 bits per heavy atom. The second-order valence-electron chi connectivity index (χ2n) is 5.57. The van der Waals surface area contributed by atoms with Crippen LogP contribution >= 0.6 is 0 Å². The van der Waals surface area contributed by atoms with E-state index in [2.05, 4.69) is 10.3 Å². The summed E-state index contributed by atoms with van der Waals surface area (Å²) in [6.45, 7) is 1.98. The molecule has 1 aliphatic rings. The van der Waals surface area contributed by atoms with Crippen molar-refractivity contribution >= 4 is 17.3 Å². The van der Waals surface area contributed by atoms with Gasteiger partial charge in [-0.15, -0.1) is 0 Å². The third-order valence-electron chi connectivity index (χ3n) is 3.76. The molecule has 5 nitrogen and oxygen atoms in total. The van der Waals surface area contributed by atoms with Crippen molar-refractivity contribution in [2.45, 2.75) is 6.18 Å². The summed E-state index contributed by atoms with van der Waals surface area (Å²) < 4.78 is 43.6. The van der Waals surface area contributed by atoms with Crippen LogP contribution in [0.5, 0.6) is 0 Å². The normalized spacial score (nSPS) is 15.1. The van der Waals surface area contributed by atoms with Crippen molar-refractivity contribution in [1.29, 1.82) is 0 Å². The zero-order chi connectivity index (χ0) is 17.9. The lowest BCUT2D eigenvalue weighted by atomic mass is 10.2. The van der Waals surface area contributed by atoms with Gasteiger partial charge in [-0.2, -0.15) is 13.2 Å². The van der Waals surface area contributed by atoms with Crippen molar-refractivity contribution in [3.05, 3.63) is 53.9 Å². The average molecular weight is 351 g/mol. The molecule has 1 aromatic carbocycles. The molecule has 1 amide bonds. The van der Waals surface area contributed by atoms with Crippen LogP contribution in [0.4, 0.5) is 24.5 Å². The molecule has 0 spiro atoms. The van der Waals surface area contributed by atoms with Crippen LogP contribution in [-0.4, -0.2) is 42.1 Å². The zero-order valence-electron chi connectivity index (χ0n) is 13.2. The number of pyridine rings is 1. The number of carbonyl (C=O) groups excluding carboxylic acids is 1. The number of amides is 1. The summed E-state index contributed by atoms with van der Waals surface area (Å²) in [5.41, 5.74) is 0.343. The predicted octanol–water partition coefficient (Wildman–Crippen LogP) is 3.32. The average Bonchev–Trinajstić information content (AvgIpc) is 2.61. The van der Waals surface area contributed by atoms with Gasteiger partial charge in [-0.3, -0.25) is 9.78 Å². The molecule has 1 fully saturated rings. The van der Waals surface area contributed by atoms with Crippen molar-refractivity contribution in [3.63, 3.8) is 0 Å². The number of aromatic nitrogens is 1. The Balaban J connectivity index is 1.77. The van der Waals surface area contributed by atoms with Crippen molar-refractivity contribution < 1.29 is 22.7 Å². The van der Waals surface area contributed by atoms with E-state index in [1.807, 2.05) is 0 Å². The van der Waals surface area contributed by atoms with Crippen LogP contribution < -0.4 is 5.32 Å². The predicted molar refractivity (Wildman–Crippen MR) is 85.7 cm³/mol. The second-order valence-corrected chi connectivity index (χ2v) is 5.57. The summed E-state index contributed by atoms with van der Waals surface area (Å²) in [5, 5.41) is 2.86. The smallest absolute Gasteiger partial charge is 0.378 e. The van der Waals surface area contributed by atoms with Crippen LogP contribution in [-0.2, 0) is 10.9 Å². The molecule has 1 aromatic heterocycles. The third kappa shape index (κ3) is 4.27. The Hall–Kier alpha value is -2.61. The van der Waals surface area contributed by atoms with Crippen LogP contribution in [0.1, 0.15) is 15.9 Å². The van der Waals surface area contributed by atoms with Gasteiger partial charge in [0.1, 0.15) is 0 Å². The Kier molecular flexibility index (Phi) is 4.89. The van der Waals surface area contributed by atoms with Crippen LogP contribution in [0.15, 0.2) is 42.7 Å². The van der Waals surface area contributed by atoms with E-state index in [0.717, 1.165) is 12.1 Å². The lowest BCUT2D eigenvalue weighted by molar-refractivity contribution is -0.137. The van der Waals surface area contributed by atoms with Crippen molar-refractivity contribution in [2.24, 2.45) is 0 Å². The minimum absolute atomic E-state index is 0.177. The summed E-state index contributed by atoms with van der Waals surface area (Å²) in [7, 11) is 0. The van der Waals surface area contributed by atoms with E-state index >= 15 is 0 Å². The van der Waals surface area contributed by atoms with E-state index in [9.17, 15) is 18.0 Å². The molecule has 8 heteroatoms. The molecule has 132 valence electrons. The van der Waals surface area contributed by atoms with Gasteiger partial charge in [-0.25, -0.2) is 0 Å². The largest absolute Gasteiger partial charge is 0.416 e. The summed E-state index contributed by atoms with van der Waals surface area (Å²) in [5.74, 6) is -0.177. The van der Waals surface area contributed by atoms with Gasteiger partial charge in [0.2, 0.25) is 0 Å². The molecular weight excluding hydrogens is 335 g/mol. The van der Waals surface area contributed by atoms with Gasteiger partial charge in [0, 0.05) is 25.0 Å². The number of hydrogen-bond donors (Lipinski definition) is 1. The molecule has 0 saturated carbocycles. The first kappa shape index (κ1) is 17.2. The molecule has 0 bridgehead atoms. The van der Waals surface area contributed by atoms with Gasteiger partial charge < -0.3 is 15.0 Å². The van der Waals surface area contributed by atoms with E-state index < -0.39 is 11.7 Å². The highest BCUT2D eigenvalue weighted by molar-refractivity contribution is 5.95. The van der Waals surface area contributed by atoms with E-state index in [4.69, 9.17) is 4.74 Å². The number of anilines is 2. The number of carbonyl (C=O) groups is 1. The van der Waals surface area contributed by atoms with Gasteiger partial charge in [-0.1, -0.05) is 6.07 Å². The molecule has 1 aliphatic heterocycles. The Bertz CT molecular complexity index is 759. The Labute approximate surface area is 142 Å². The van der Waals surface area contributed by atoms with Gasteiger partial charge in [-0.05, 0) is 24.3 Å². The lowest BCUT2D eigenvalue weighted by Gasteiger charge is -2.26. The van der Waals surface area contributed by atoms with Crippen LogP contribution in [0.25, 0.3) is 0 Å². The SMILES string of the molecule is O=C(c1cncc(Nc2cccc(C(F)(F)F)c2)c1)N1CCOCC1. The molecule has 0 atom stereocenters. The Morgan fingerprint density at radius 3 is 2.60 bits per heavy atom. The van der Waals surface area contributed by atoms with Crippen molar-refractivity contribution in [2.75, 3.05) is 31.6 Å². The number of morpholine rings is 1. The first-order valence-corrected chi connectivity index (χ1v) is 7.70. The number of nitrogens with one attached hydrogen (secondary N) is 1. The highest BCUT2D eigenvalue weighted by Gasteiger charge is 2.30. The molecule has 2 heterocycles. The van der Waals surface area contributed by atoms with Gasteiger partial charge >= 0.3 is 6.18 Å². The molecule has 0 radical (unpaired) electrons. The van der Waals surface area contributed by atoms with Gasteiger partial charge in [0.25, 0.3) is 5.91 Å².